The van der Waals surface area contributed by atoms with Crippen LogP contribution in [0.1, 0.15) is 43.6 Å². The van der Waals surface area contributed by atoms with Crippen molar-refractivity contribution in [2.45, 2.75) is 33.1 Å². The molecule has 2 N–H and O–H groups in total. The van der Waals surface area contributed by atoms with E-state index in [2.05, 4.69) is 31.4 Å². The molecular weight excluding hydrogens is 388 g/mol. The van der Waals surface area contributed by atoms with Gasteiger partial charge in [-0.3, -0.25) is 10.1 Å². The van der Waals surface area contributed by atoms with E-state index in [1.54, 1.807) is 31.2 Å². The number of nitrogens with one attached hydrogen (secondary N) is 2. The van der Waals surface area contributed by atoms with Crippen LogP contribution in [0, 0.1) is 0 Å². The van der Waals surface area contributed by atoms with E-state index in [1.165, 1.54) is 5.56 Å². The summed E-state index contributed by atoms with van der Waals surface area (Å²) in [6.07, 6.45) is 0. The van der Waals surface area contributed by atoms with Gasteiger partial charge >= 0.3 is 5.97 Å². The highest BCUT2D eigenvalue weighted by molar-refractivity contribution is 7.80. The van der Waals surface area contributed by atoms with E-state index in [1.807, 2.05) is 24.3 Å². The Balaban J connectivity index is 1.80. The summed E-state index contributed by atoms with van der Waals surface area (Å²) in [5, 5.41) is 5.59. The quantitative estimate of drug-likeness (QED) is 0.549. The van der Waals surface area contributed by atoms with E-state index >= 15 is 0 Å². The molecule has 29 heavy (non-hydrogen) atoms. The van der Waals surface area contributed by atoms with Crippen molar-refractivity contribution in [2.75, 3.05) is 18.5 Å². The molecule has 2 aromatic rings. The fourth-order valence-corrected chi connectivity index (χ4v) is 2.66. The van der Waals surface area contributed by atoms with Gasteiger partial charge in [-0.25, -0.2) is 4.79 Å². The number of carbonyl (C=O) groups excluding carboxylic acids is 2. The van der Waals surface area contributed by atoms with Gasteiger partial charge in [0.1, 0.15) is 5.75 Å². The number of hydrogen-bond donors (Lipinski definition) is 2. The largest absolute Gasteiger partial charge is 0.484 e. The van der Waals surface area contributed by atoms with Gasteiger partial charge in [0.25, 0.3) is 5.91 Å². The Morgan fingerprint density at radius 3 is 2.17 bits per heavy atom. The van der Waals surface area contributed by atoms with Crippen molar-refractivity contribution in [3.8, 4) is 5.75 Å². The average molecular weight is 415 g/mol. The molecule has 0 aliphatic carbocycles. The Morgan fingerprint density at radius 1 is 1.00 bits per heavy atom. The summed E-state index contributed by atoms with van der Waals surface area (Å²) in [5.74, 6) is -0.144. The highest BCUT2D eigenvalue weighted by Crippen LogP contribution is 2.24. The second-order valence-electron chi connectivity index (χ2n) is 7.36. The van der Waals surface area contributed by atoms with Crippen LogP contribution >= 0.6 is 12.2 Å². The molecule has 0 fully saturated rings. The highest BCUT2D eigenvalue weighted by Gasteiger charge is 2.13. The maximum absolute atomic E-state index is 12.0. The van der Waals surface area contributed by atoms with E-state index < -0.39 is 0 Å². The summed E-state index contributed by atoms with van der Waals surface area (Å²) in [7, 11) is 0. The molecule has 0 aromatic heterocycles. The molecule has 2 rings (SSSR count). The smallest absolute Gasteiger partial charge is 0.338 e. The lowest BCUT2D eigenvalue weighted by Gasteiger charge is -2.19. The lowest BCUT2D eigenvalue weighted by Crippen LogP contribution is -2.37. The van der Waals surface area contributed by atoms with Crippen LogP contribution in [0.4, 0.5) is 5.69 Å². The molecule has 154 valence electrons. The van der Waals surface area contributed by atoms with Crippen LogP contribution in [-0.4, -0.2) is 30.2 Å². The molecule has 0 bridgehead atoms. The van der Waals surface area contributed by atoms with Crippen molar-refractivity contribution in [2.24, 2.45) is 0 Å². The summed E-state index contributed by atoms with van der Waals surface area (Å²) >= 11 is 5.14. The van der Waals surface area contributed by atoms with Crippen LogP contribution < -0.4 is 15.4 Å². The van der Waals surface area contributed by atoms with Crippen LogP contribution in [-0.2, 0) is 14.9 Å². The molecule has 0 saturated heterocycles. The lowest BCUT2D eigenvalue weighted by molar-refractivity contribution is -0.121. The Kier molecular flexibility index (Phi) is 7.73. The number of hydrogen-bond acceptors (Lipinski definition) is 5. The molecular formula is C22H26N2O4S. The molecule has 1 amide bonds. The second-order valence-corrected chi connectivity index (χ2v) is 7.77. The SMILES string of the molecule is CCOC(=O)c1ccc(NC(=S)NC(=O)COc2ccc(C(C)(C)C)cc2)cc1. The zero-order valence-electron chi connectivity index (χ0n) is 17.1. The molecule has 0 aliphatic heterocycles. The number of anilines is 1. The Morgan fingerprint density at radius 2 is 1.62 bits per heavy atom. The van der Waals surface area contributed by atoms with Gasteiger partial charge in [0.15, 0.2) is 11.7 Å². The second kappa shape index (κ2) is 10.0. The normalized spacial score (nSPS) is 10.8. The van der Waals surface area contributed by atoms with E-state index in [0.29, 0.717) is 23.6 Å². The predicted octanol–water partition coefficient (Wildman–Crippen LogP) is 4.05. The zero-order valence-corrected chi connectivity index (χ0v) is 17.9. The standard InChI is InChI=1S/C22H26N2O4S/c1-5-27-20(26)15-6-10-17(11-7-15)23-21(29)24-19(25)14-28-18-12-8-16(9-13-18)22(2,3)4/h6-13H,5,14H2,1-4H3,(H2,23,24,25,29). The van der Waals surface area contributed by atoms with E-state index in [0.717, 1.165) is 0 Å². The van der Waals surface area contributed by atoms with Crippen molar-refractivity contribution in [3.05, 3.63) is 59.7 Å². The topological polar surface area (TPSA) is 76.7 Å². The summed E-state index contributed by atoms with van der Waals surface area (Å²) < 4.78 is 10.4. The summed E-state index contributed by atoms with van der Waals surface area (Å²) in [4.78, 5) is 23.7. The van der Waals surface area contributed by atoms with Crippen molar-refractivity contribution in [3.63, 3.8) is 0 Å². The molecule has 6 nitrogen and oxygen atoms in total. The molecule has 0 unspecified atom stereocenters. The van der Waals surface area contributed by atoms with E-state index in [-0.39, 0.29) is 29.0 Å². The minimum atomic E-state index is -0.386. The Hall–Kier alpha value is -2.93. The third-order valence-corrected chi connectivity index (χ3v) is 4.20. The molecule has 0 atom stereocenters. The Bertz CT molecular complexity index is 856. The number of esters is 1. The monoisotopic (exact) mass is 414 g/mol. The average Bonchev–Trinajstić information content (AvgIpc) is 2.66. The first kappa shape index (κ1) is 22.4. The van der Waals surface area contributed by atoms with Crippen LogP contribution in [0.25, 0.3) is 0 Å². The first-order valence-corrected chi connectivity index (χ1v) is 9.71. The number of ether oxygens (including phenoxy) is 2. The van der Waals surface area contributed by atoms with Gasteiger partial charge in [-0.1, -0.05) is 32.9 Å². The number of rotatable bonds is 6. The van der Waals surface area contributed by atoms with Crippen LogP contribution in [0.15, 0.2) is 48.5 Å². The molecule has 7 heteroatoms. The number of amides is 1. The number of benzene rings is 2. The molecule has 2 aromatic carbocycles. The van der Waals surface area contributed by atoms with Crippen molar-refractivity contribution in [1.82, 2.24) is 5.32 Å². The molecule has 0 aliphatic rings. The first-order valence-electron chi connectivity index (χ1n) is 9.30. The van der Waals surface area contributed by atoms with Gasteiger partial charge in [0.05, 0.1) is 12.2 Å². The fraction of sp³-hybridized carbons (Fsp3) is 0.318. The zero-order chi connectivity index (χ0) is 21.4. The van der Waals surface area contributed by atoms with Gasteiger partial charge in [0, 0.05) is 5.69 Å². The molecule has 0 spiro atoms. The van der Waals surface area contributed by atoms with Crippen LogP contribution in [0.5, 0.6) is 5.75 Å². The third kappa shape index (κ3) is 7.19. The van der Waals surface area contributed by atoms with Gasteiger partial charge in [-0.05, 0) is 66.5 Å². The number of thiocarbonyl (C=S) groups is 1. The van der Waals surface area contributed by atoms with Crippen LogP contribution in [0.3, 0.4) is 0 Å². The van der Waals surface area contributed by atoms with Gasteiger partial charge < -0.3 is 14.8 Å². The summed E-state index contributed by atoms with van der Waals surface area (Å²) in [6.45, 7) is 8.31. The molecule has 0 saturated carbocycles. The Labute approximate surface area is 176 Å². The molecule has 0 heterocycles. The number of carbonyl (C=O) groups is 2. The maximum atomic E-state index is 12.0. The van der Waals surface area contributed by atoms with Crippen molar-refractivity contribution in [1.29, 1.82) is 0 Å². The van der Waals surface area contributed by atoms with Gasteiger partial charge in [-0.15, -0.1) is 0 Å². The maximum Gasteiger partial charge on any atom is 0.338 e. The molecule has 0 radical (unpaired) electrons. The summed E-state index contributed by atoms with van der Waals surface area (Å²) in [5.41, 5.74) is 2.33. The minimum Gasteiger partial charge on any atom is -0.484 e. The highest BCUT2D eigenvalue weighted by atomic mass is 32.1. The van der Waals surface area contributed by atoms with E-state index in [4.69, 9.17) is 21.7 Å². The fourth-order valence-electron chi connectivity index (χ4n) is 2.43. The first-order chi connectivity index (χ1) is 13.7. The third-order valence-electron chi connectivity index (χ3n) is 4.00. The van der Waals surface area contributed by atoms with Gasteiger partial charge in [-0.2, -0.15) is 0 Å². The van der Waals surface area contributed by atoms with Crippen LogP contribution in [0.2, 0.25) is 0 Å². The minimum absolute atomic E-state index is 0.0578. The van der Waals surface area contributed by atoms with Crippen molar-refractivity contribution < 1.29 is 19.1 Å². The van der Waals surface area contributed by atoms with E-state index in [9.17, 15) is 9.59 Å². The van der Waals surface area contributed by atoms with Gasteiger partial charge in [0.2, 0.25) is 0 Å². The predicted molar refractivity (Wildman–Crippen MR) is 117 cm³/mol. The van der Waals surface area contributed by atoms with Crippen molar-refractivity contribution >= 4 is 34.9 Å². The lowest BCUT2D eigenvalue weighted by atomic mass is 9.87. The summed E-state index contributed by atoms with van der Waals surface area (Å²) in [6, 6.07) is 14.3.